The van der Waals surface area contributed by atoms with Crippen molar-refractivity contribution in [3.8, 4) is 0 Å². The molecule has 130 valence electrons. The van der Waals surface area contributed by atoms with Gasteiger partial charge in [0.1, 0.15) is 11.5 Å². The van der Waals surface area contributed by atoms with Crippen LogP contribution in [0.4, 0.5) is 10.5 Å². The molecule has 0 aliphatic carbocycles. The van der Waals surface area contributed by atoms with E-state index in [4.69, 9.17) is 4.52 Å². The number of benzene rings is 1. The van der Waals surface area contributed by atoms with E-state index in [-0.39, 0.29) is 17.5 Å². The topological polar surface area (TPSA) is 105 Å². The highest BCUT2D eigenvalue weighted by molar-refractivity contribution is 7.89. The Hall–Kier alpha value is -2.39. The molecule has 0 saturated heterocycles. The normalized spacial score (nSPS) is 11.3. The zero-order valence-corrected chi connectivity index (χ0v) is 14.8. The van der Waals surface area contributed by atoms with Crippen molar-refractivity contribution >= 4 is 21.7 Å². The molecule has 0 spiro atoms. The van der Waals surface area contributed by atoms with Crippen molar-refractivity contribution in [1.29, 1.82) is 0 Å². The first-order chi connectivity index (χ1) is 11.2. The molecule has 0 unspecified atom stereocenters. The third kappa shape index (κ3) is 4.12. The Labute approximate surface area is 140 Å². The quantitative estimate of drug-likeness (QED) is 0.855. The van der Waals surface area contributed by atoms with Crippen molar-refractivity contribution < 1.29 is 17.7 Å². The molecular formula is C15H20N4O4S. The minimum atomic E-state index is -3.59. The Balaban J connectivity index is 2.12. The van der Waals surface area contributed by atoms with Gasteiger partial charge in [0.25, 0.3) is 0 Å². The van der Waals surface area contributed by atoms with Gasteiger partial charge >= 0.3 is 6.03 Å². The lowest BCUT2D eigenvalue weighted by Gasteiger charge is -2.17. The second-order valence-electron chi connectivity index (χ2n) is 5.40. The van der Waals surface area contributed by atoms with Crippen molar-refractivity contribution in [3.05, 3.63) is 41.3 Å². The van der Waals surface area contributed by atoms with E-state index in [0.717, 1.165) is 0 Å². The number of nitrogens with zero attached hydrogens (tertiary/aromatic N) is 2. The first-order valence-corrected chi connectivity index (χ1v) is 8.70. The summed E-state index contributed by atoms with van der Waals surface area (Å²) in [6.45, 7) is 3.73. The van der Waals surface area contributed by atoms with E-state index in [1.165, 1.54) is 18.0 Å². The Kier molecular flexibility index (Phi) is 5.25. The largest absolute Gasteiger partial charge is 0.361 e. The van der Waals surface area contributed by atoms with Crippen LogP contribution in [-0.4, -0.2) is 38.6 Å². The van der Waals surface area contributed by atoms with Gasteiger partial charge in [-0.05, 0) is 38.6 Å². The van der Waals surface area contributed by atoms with E-state index < -0.39 is 10.0 Å². The van der Waals surface area contributed by atoms with E-state index in [2.05, 4.69) is 15.2 Å². The van der Waals surface area contributed by atoms with E-state index in [1.54, 1.807) is 39.1 Å². The highest BCUT2D eigenvalue weighted by atomic mass is 32.2. The summed E-state index contributed by atoms with van der Waals surface area (Å²) in [5, 5.41) is 6.50. The van der Waals surface area contributed by atoms with Gasteiger partial charge in [0.2, 0.25) is 10.0 Å². The number of carbonyl (C=O) groups is 1. The van der Waals surface area contributed by atoms with Crippen LogP contribution < -0.4 is 10.0 Å². The second kappa shape index (κ2) is 7.02. The van der Waals surface area contributed by atoms with Crippen LogP contribution in [0.5, 0.6) is 0 Å². The molecule has 24 heavy (non-hydrogen) atoms. The van der Waals surface area contributed by atoms with Crippen molar-refractivity contribution in [2.24, 2.45) is 0 Å². The first kappa shape index (κ1) is 18.0. The smallest absolute Gasteiger partial charge is 0.321 e. The van der Waals surface area contributed by atoms with Crippen LogP contribution in [0.2, 0.25) is 0 Å². The van der Waals surface area contributed by atoms with Gasteiger partial charge in [0, 0.05) is 18.8 Å². The number of aromatic nitrogens is 1. The standard InChI is InChI=1S/C15H20N4O4S/c1-10-5-6-12(8-14(10)24(21,22)16-3)17-15(20)19(4)9-13-7-11(2)23-18-13/h5-8,16H,9H2,1-4H3,(H,17,20). The molecule has 1 aromatic carbocycles. The first-order valence-electron chi connectivity index (χ1n) is 7.21. The summed E-state index contributed by atoms with van der Waals surface area (Å²) in [7, 11) is -0.640. The van der Waals surface area contributed by atoms with Gasteiger partial charge in [-0.2, -0.15) is 0 Å². The lowest BCUT2D eigenvalue weighted by atomic mass is 10.2. The molecule has 0 aliphatic rings. The maximum absolute atomic E-state index is 12.2. The number of rotatable bonds is 5. The average Bonchev–Trinajstić information content (AvgIpc) is 2.94. The van der Waals surface area contributed by atoms with Gasteiger partial charge < -0.3 is 14.7 Å². The fourth-order valence-corrected chi connectivity index (χ4v) is 3.10. The Bertz CT molecular complexity index is 845. The molecule has 2 rings (SSSR count). The number of amides is 2. The van der Waals surface area contributed by atoms with Crippen LogP contribution in [0.15, 0.2) is 33.7 Å². The number of aryl methyl sites for hydroxylation is 2. The minimum Gasteiger partial charge on any atom is -0.361 e. The summed E-state index contributed by atoms with van der Waals surface area (Å²) >= 11 is 0. The molecule has 8 nitrogen and oxygen atoms in total. The Morgan fingerprint density at radius 1 is 1.29 bits per heavy atom. The van der Waals surface area contributed by atoms with Crippen LogP contribution in [-0.2, 0) is 16.6 Å². The summed E-state index contributed by atoms with van der Waals surface area (Å²) < 4.78 is 31.2. The maximum atomic E-state index is 12.2. The number of anilines is 1. The zero-order chi connectivity index (χ0) is 17.9. The van der Waals surface area contributed by atoms with E-state index >= 15 is 0 Å². The maximum Gasteiger partial charge on any atom is 0.321 e. The van der Waals surface area contributed by atoms with Gasteiger partial charge in [-0.25, -0.2) is 17.9 Å². The van der Waals surface area contributed by atoms with Gasteiger partial charge in [-0.3, -0.25) is 0 Å². The fraction of sp³-hybridized carbons (Fsp3) is 0.333. The molecule has 0 radical (unpaired) electrons. The number of sulfonamides is 1. The van der Waals surface area contributed by atoms with Crippen molar-refractivity contribution in [1.82, 2.24) is 14.8 Å². The average molecular weight is 352 g/mol. The molecule has 2 amide bonds. The number of hydrogen-bond acceptors (Lipinski definition) is 5. The molecule has 2 N–H and O–H groups in total. The molecule has 9 heteroatoms. The summed E-state index contributed by atoms with van der Waals surface area (Å²) in [4.78, 5) is 13.8. The number of urea groups is 1. The Morgan fingerprint density at radius 2 is 2.00 bits per heavy atom. The van der Waals surface area contributed by atoms with E-state index in [0.29, 0.717) is 22.7 Å². The predicted molar refractivity (Wildman–Crippen MR) is 89.2 cm³/mol. The fourth-order valence-electron chi connectivity index (χ4n) is 2.10. The van der Waals surface area contributed by atoms with E-state index in [1.807, 2.05) is 0 Å². The zero-order valence-electron chi connectivity index (χ0n) is 14.0. The number of hydrogen-bond donors (Lipinski definition) is 2. The van der Waals surface area contributed by atoms with Gasteiger partial charge in [-0.15, -0.1) is 0 Å². The Morgan fingerprint density at radius 3 is 2.58 bits per heavy atom. The van der Waals surface area contributed by atoms with Crippen LogP contribution in [0, 0.1) is 13.8 Å². The van der Waals surface area contributed by atoms with Crippen molar-refractivity contribution in [3.63, 3.8) is 0 Å². The summed E-state index contributed by atoms with van der Waals surface area (Å²) in [6.07, 6.45) is 0. The molecule has 1 heterocycles. The second-order valence-corrected chi connectivity index (χ2v) is 7.26. The molecule has 0 saturated carbocycles. The molecule has 0 atom stereocenters. The minimum absolute atomic E-state index is 0.123. The van der Waals surface area contributed by atoms with Crippen LogP contribution in [0.25, 0.3) is 0 Å². The molecule has 2 aromatic rings. The third-order valence-corrected chi connectivity index (χ3v) is 4.98. The van der Waals surface area contributed by atoms with Crippen LogP contribution in [0.3, 0.4) is 0 Å². The third-order valence-electron chi connectivity index (χ3n) is 3.42. The molecule has 1 aromatic heterocycles. The molecule has 0 bridgehead atoms. The summed E-state index contributed by atoms with van der Waals surface area (Å²) in [5.74, 6) is 0.666. The number of carbonyl (C=O) groups excluding carboxylic acids is 1. The van der Waals surface area contributed by atoms with Crippen LogP contribution >= 0.6 is 0 Å². The molecule has 0 fully saturated rings. The highest BCUT2D eigenvalue weighted by Gasteiger charge is 2.17. The number of nitrogens with one attached hydrogen (secondary N) is 2. The monoisotopic (exact) mass is 352 g/mol. The van der Waals surface area contributed by atoms with Gasteiger partial charge in [-0.1, -0.05) is 11.2 Å². The molecular weight excluding hydrogens is 332 g/mol. The lowest BCUT2D eigenvalue weighted by molar-refractivity contribution is 0.219. The van der Waals surface area contributed by atoms with Crippen molar-refractivity contribution in [2.75, 3.05) is 19.4 Å². The summed E-state index contributed by atoms with van der Waals surface area (Å²) in [6, 6.07) is 6.07. The highest BCUT2D eigenvalue weighted by Crippen LogP contribution is 2.20. The van der Waals surface area contributed by atoms with Gasteiger partial charge in [0.15, 0.2) is 0 Å². The SMILES string of the molecule is CNS(=O)(=O)c1cc(NC(=O)N(C)Cc2cc(C)on2)ccc1C. The van der Waals surface area contributed by atoms with Crippen molar-refractivity contribution in [2.45, 2.75) is 25.3 Å². The molecule has 0 aliphatic heterocycles. The lowest BCUT2D eigenvalue weighted by Crippen LogP contribution is -2.31. The predicted octanol–water partition coefficient (Wildman–Crippen LogP) is 1.86. The van der Waals surface area contributed by atoms with Gasteiger partial charge in [0.05, 0.1) is 11.4 Å². The van der Waals surface area contributed by atoms with Crippen LogP contribution in [0.1, 0.15) is 17.0 Å². The summed E-state index contributed by atoms with van der Waals surface area (Å²) in [5.41, 5.74) is 1.61. The van der Waals surface area contributed by atoms with E-state index in [9.17, 15) is 13.2 Å².